The number of phenolic OH excluding ortho intramolecular Hbond substituents is 1. The summed E-state index contributed by atoms with van der Waals surface area (Å²) in [5, 5.41) is 10.4. The SMILES string of the molecule is Oc1cc(-c2ccc(-c3ccc4c(c3)C=CC4)o2)ccc1CCC1CC1. The quantitative estimate of drug-likeness (QED) is 0.596. The van der Waals surface area contributed by atoms with Gasteiger partial charge in [-0.2, -0.15) is 0 Å². The van der Waals surface area contributed by atoms with Crippen molar-refractivity contribution < 1.29 is 9.52 Å². The molecule has 2 aliphatic rings. The van der Waals surface area contributed by atoms with Gasteiger partial charge in [0.05, 0.1) is 0 Å². The molecule has 5 rings (SSSR count). The van der Waals surface area contributed by atoms with Crippen molar-refractivity contribution in [2.24, 2.45) is 5.92 Å². The first-order valence-electron chi connectivity index (χ1n) is 9.48. The molecule has 0 amide bonds. The monoisotopic (exact) mass is 342 g/mol. The number of phenols is 1. The summed E-state index contributed by atoms with van der Waals surface area (Å²) >= 11 is 0. The van der Waals surface area contributed by atoms with E-state index in [-0.39, 0.29) is 0 Å². The summed E-state index contributed by atoms with van der Waals surface area (Å²) in [6, 6.07) is 16.4. The fraction of sp³-hybridized carbons (Fsp3) is 0.250. The van der Waals surface area contributed by atoms with Crippen LogP contribution in [0, 0.1) is 5.92 Å². The second-order valence-corrected chi connectivity index (χ2v) is 7.51. The summed E-state index contributed by atoms with van der Waals surface area (Å²) in [6.07, 6.45) is 10.2. The van der Waals surface area contributed by atoms with Crippen LogP contribution in [-0.2, 0) is 12.8 Å². The molecule has 1 fully saturated rings. The van der Waals surface area contributed by atoms with E-state index >= 15 is 0 Å². The van der Waals surface area contributed by atoms with Crippen LogP contribution in [0.4, 0.5) is 0 Å². The van der Waals surface area contributed by atoms with E-state index in [1.54, 1.807) is 0 Å². The van der Waals surface area contributed by atoms with Crippen LogP contribution >= 0.6 is 0 Å². The predicted octanol–water partition coefficient (Wildman–Crippen LogP) is 6.23. The number of allylic oxidation sites excluding steroid dienone is 1. The first-order valence-corrected chi connectivity index (χ1v) is 9.48. The van der Waals surface area contributed by atoms with Gasteiger partial charge in [0.1, 0.15) is 17.3 Å². The van der Waals surface area contributed by atoms with E-state index in [9.17, 15) is 5.11 Å². The van der Waals surface area contributed by atoms with E-state index in [0.29, 0.717) is 5.75 Å². The third kappa shape index (κ3) is 2.96. The molecular formula is C24H22O2. The van der Waals surface area contributed by atoms with Crippen molar-refractivity contribution in [1.82, 2.24) is 0 Å². The van der Waals surface area contributed by atoms with E-state index in [0.717, 1.165) is 47.0 Å². The van der Waals surface area contributed by atoms with Crippen molar-refractivity contribution in [1.29, 1.82) is 0 Å². The summed E-state index contributed by atoms with van der Waals surface area (Å²) in [5.74, 6) is 2.91. The molecule has 2 nitrogen and oxygen atoms in total. The zero-order valence-electron chi connectivity index (χ0n) is 14.7. The van der Waals surface area contributed by atoms with Gasteiger partial charge < -0.3 is 9.52 Å². The lowest BCUT2D eigenvalue weighted by atomic mass is 10.0. The number of hydrogen-bond donors (Lipinski definition) is 1. The Morgan fingerprint density at radius 2 is 1.69 bits per heavy atom. The zero-order valence-corrected chi connectivity index (χ0v) is 14.7. The van der Waals surface area contributed by atoms with E-state index in [4.69, 9.17) is 4.42 Å². The highest BCUT2D eigenvalue weighted by Gasteiger charge is 2.21. The van der Waals surface area contributed by atoms with Crippen LogP contribution in [-0.4, -0.2) is 5.11 Å². The van der Waals surface area contributed by atoms with Gasteiger partial charge in [-0.25, -0.2) is 0 Å². The topological polar surface area (TPSA) is 33.4 Å². The van der Waals surface area contributed by atoms with E-state index in [1.165, 1.54) is 30.4 Å². The van der Waals surface area contributed by atoms with Gasteiger partial charge >= 0.3 is 0 Å². The largest absolute Gasteiger partial charge is 0.508 e. The molecule has 2 heteroatoms. The van der Waals surface area contributed by atoms with Gasteiger partial charge in [0.2, 0.25) is 0 Å². The summed E-state index contributed by atoms with van der Waals surface area (Å²) < 4.78 is 6.08. The van der Waals surface area contributed by atoms with Gasteiger partial charge in [0, 0.05) is 11.1 Å². The lowest BCUT2D eigenvalue weighted by Crippen LogP contribution is -1.88. The molecule has 26 heavy (non-hydrogen) atoms. The Labute approximate surface area is 153 Å². The Morgan fingerprint density at radius 1 is 0.923 bits per heavy atom. The smallest absolute Gasteiger partial charge is 0.134 e. The fourth-order valence-electron chi connectivity index (χ4n) is 3.74. The van der Waals surface area contributed by atoms with Gasteiger partial charge in [-0.05, 0) is 66.1 Å². The van der Waals surface area contributed by atoms with Crippen LogP contribution in [0.2, 0.25) is 0 Å². The number of aromatic hydroxyl groups is 1. The number of rotatable bonds is 5. The van der Waals surface area contributed by atoms with Crippen molar-refractivity contribution in [3.63, 3.8) is 0 Å². The molecule has 1 aromatic heterocycles. The van der Waals surface area contributed by atoms with E-state index in [1.807, 2.05) is 24.3 Å². The average Bonchev–Trinajstić information content (AvgIpc) is 3.16. The molecule has 0 unspecified atom stereocenters. The Bertz CT molecular complexity index is 989. The Morgan fingerprint density at radius 3 is 2.46 bits per heavy atom. The summed E-state index contributed by atoms with van der Waals surface area (Å²) in [7, 11) is 0. The highest BCUT2D eigenvalue weighted by Crippen LogP contribution is 2.36. The lowest BCUT2D eigenvalue weighted by molar-refractivity contribution is 0.466. The van der Waals surface area contributed by atoms with Crippen LogP contribution in [0.5, 0.6) is 5.75 Å². The Balaban J connectivity index is 1.39. The second kappa shape index (κ2) is 6.21. The van der Waals surface area contributed by atoms with Crippen molar-refractivity contribution >= 4 is 6.08 Å². The number of furan rings is 1. The standard InChI is InChI=1S/C24H22O2/c25-22-15-21(11-9-18(22)7-6-16-4-5-16)24-13-12-23(26-24)20-10-8-17-2-1-3-19(17)14-20/h1,3,8-16,25H,2,4-7H2. The molecular weight excluding hydrogens is 320 g/mol. The third-order valence-electron chi connectivity index (χ3n) is 5.56. The maximum Gasteiger partial charge on any atom is 0.134 e. The van der Waals surface area contributed by atoms with Crippen LogP contribution in [0.3, 0.4) is 0 Å². The van der Waals surface area contributed by atoms with Crippen molar-refractivity contribution in [2.45, 2.75) is 32.1 Å². The minimum atomic E-state index is 0.378. The highest BCUT2D eigenvalue weighted by atomic mass is 16.3. The maximum absolute atomic E-state index is 10.4. The van der Waals surface area contributed by atoms with Crippen molar-refractivity contribution in [3.05, 3.63) is 71.3 Å². The number of hydrogen-bond acceptors (Lipinski definition) is 2. The molecule has 0 aliphatic heterocycles. The van der Waals surface area contributed by atoms with Crippen LogP contribution in [0.15, 0.2) is 59.0 Å². The molecule has 130 valence electrons. The molecule has 1 heterocycles. The van der Waals surface area contributed by atoms with E-state index in [2.05, 4.69) is 36.4 Å². The van der Waals surface area contributed by atoms with Gasteiger partial charge in [0.25, 0.3) is 0 Å². The highest BCUT2D eigenvalue weighted by molar-refractivity contribution is 5.71. The molecule has 0 atom stereocenters. The first kappa shape index (κ1) is 15.5. The zero-order chi connectivity index (χ0) is 17.5. The molecule has 1 N–H and O–H groups in total. The average molecular weight is 342 g/mol. The maximum atomic E-state index is 10.4. The molecule has 2 aromatic carbocycles. The molecule has 1 saturated carbocycles. The second-order valence-electron chi connectivity index (χ2n) is 7.51. The lowest BCUT2D eigenvalue weighted by Gasteiger charge is -2.06. The van der Waals surface area contributed by atoms with Crippen LogP contribution < -0.4 is 0 Å². The Hall–Kier alpha value is -2.74. The molecule has 0 spiro atoms. The van der Waals surface area contributed by atoms with Crippen molar-refractivity contribution in [3.8, 4) is 28.4 Å². The van der Waals surface area contributed by atoms with Gasteiger partial charge in [-0.3, -0.25) is 0 Å². The van der Waals surface area contributed by atoms with Gasteiger partial charge in [-0.1, -0.05) is 49.3 Å². The Kier molecular flexibility index (Phi) is 3.70. The molecule has 0 radical (unpaired) electrons. The first-order chi connectivity index (χ1) is 12.8. The fourth-order valence-corrected chi connectivity index (χ4v) is 3.74. The van der Waals surface area contributed by atoms with E-state index < -0.39 is 0 Å². The third-order valence-corrected chi connectivity index (χ3v) is 5.56. The number of aryl methyl sites for hydroxylation is 1. The summed E-state index contributed by atoms with van der Waals surface area (Å²) in [6.45, 7) is 0. The van der Waals surface area contributed by atoms with Crippen molar-refractivity contribution in [2.75, 3.05) is 0 Å². The molecule has 0 bridgehead atoms. The summed E-state index contributed by atoms with van der Waals surface area (Å²) in [5.41, 5.74) is 5.69. The molecule has 2 aliphatic carbocycles. The molecule has 0 saturated heterocycles. The minimum absolute atomic E-state index is 0.378. The minimum Gasteiger partial charge on any atom is -0.508 e. The van der Waals surface area contributed by atoms with Gasteiger partial charge in [-0.15, -0.1) is 0 Å². The number of benzene rings is 2. The van der Waals surface area contributed by atoms with Crippen LogP contribution in [0.25, 0.3) is 28.7 Å². The summed E-state index contributed by atoms with van der Waals surface area (Å²) in [4.78, 5) is 0. The number of fused-ring (bicyclic) bond motifs is 1. The van der Waals surface area contributed by atoms with Gasteiger partial charge in [0.15, 0.2) is 0 Å². The van der Waals surface area contributed by atoms with Crippen LogP contribution in [0.1, 0.15) is 36.0 Å². The predicted molar refractivity (Wildman–Crippen MR) is 105 cm³/mol. The molecule has 3 aromatic rings. The normalized spacial score (nSPS) is 15.4.